The monoisotopic (exact) mass is 1440 g/mol. The van der Waals surface area contributed by atoms with Crippen LogP contribution in [-0.4, -0.2) is 29.9 Å². The summed E-state index contributed by atoms with van der Waals surface area (Å²) in [6.07, 6.45) is 36.6. The van der Waals surface area contributed by atoms with Crippen LogP contribution >= 0.6 is 0 Å². The molecule has 0 saturated carbocycles. The topological polar surface area (TPSA) is 77.3 Å². The third-order valence-corrected chi connectivity index (χ3v) is 24.5. The molecule has 6 heteroatoms. The van der Waals surface area contributed by atoms with Crippen molar-refractivity contribution in [2.45, 2.75) is 232 Å². The van der Waals surface area contributed by atoms with Gasteiger partial charge in [-0.3, -0.25) is 4.98 Å². The molecule has 0 radical (unpaired) electrons. The molecule has 0 fully saturated rings. The number of pyridine rings is 2. The summed E-state index contributed by atoms with van der Waals surface area (Å²) in [6.45, 7) is 13.8. The van der Waals surface area contributed by atoms with Crippen molar-refractivity contribution >= 4 is 21.8 Å². The largest absolute Gasteiger partial charge is 0.254 e. The molecule has 9 aromatic carbocycles. The minimum atomic E-state index is -0.236. The fourth-order valence-electron chi connectivity index (χ4n) is 18.4. The van der Waals surface area contributed by atoms with E-state index in [-0.39, 0.29) is 10.8 Å². The van der Waals surface area contributed by atoms with E-state index < -0.39 is 0 Å². The lowest BCUT2D eigenvalue weighted by molar-refractivity contribution is 0.398. The van der Waals surface area contributed by atoms with E-state index in [1.807, 2.05) is 12.3 Å². The predicted molar refractivity (Wildman–Crippen MR) is 466 cm³/mol. The van der Waals surface area contributed by atoms with Gasteiger partial charge in [0.2, 0.25) is 0 Å². The molecular weight excluding hydrogens is 1330 g/mol. The Balaban J connectivity index is 0.857. The second kappa shape index (κ2) is 35.3. The normalized spacial score (nSPS) is 13.1. The molecule has 0 saturated heterocycles. The molecular formula is C104H112N6. The lowest BCUT2D eigenvalue weighted by Crippen LogP contribution is -2.26. The lowest BCUT2D eigenvalue weighted by Gasteiger charge is -2.33. The van der Waals surface area contributed by atoms with Crippen molar-refractivity contribution in [3.05, 3.63) is 264 Å². The minimum absolute atomic E-state index is 0.0913. The van der Waals surface area contributed by atoms with E-state index in [4.69, 9.17) is 29.9 Å². The van der Waals surface area contributed by atoms with Crippen molar-refractivity contribution in [1.29, 1.82) is 0 Å². The van der Waals surface area contributed by atoms with Gasteiger partial charge in [0.1, 0.15) is 5.69 Å². The number of rotatable bonds is 36. The average molecular weight is 1450 g/mol. The number of fused-ring (bicyclic) bond motifs is 9. The Morgan fingerprint density at radius 2 is 0.609 bits per heavy atom. The van der Waals surface area contributed by atoms with Gasteiger partial charge in [0.15, 0.2) is 11.6 Å². The Morgan fingerprint density at radius 3 is 1.14 bits per heavy atom. The summed E-state index contributed by atoms with van der Waals surface area (Å²) in [7, 11) is 0. The van der Waals surface area contributed by atoms with E-state index in [0.717, 1.165) is 117 Å². The zero-order valence-electron chi connectivity index (χ0n) is 66.4. The van der Waals surface area contributed by atoms with Gasteiger partial charge < -0.3 is 0 Å². The fourth-order valence-corrected chi connectivity index (χ4v) is 18.4. The minimum Gasteiger partial charge on any atom is -0.254 e. The molecule has 0 amide bonds. The lowest BCUT2D eigenvalue weighted by atomic mass is 9.70. The Kier molecular flexibility index (Phi) is 24.2. The molecule has 0 unspecified atom stereocenters. The molecule has 13 aromatic rings. The molecule has 6 nitrogen and oxygen atoms in total. The molecule has 2 aliphatic carbocycles. The Labute approximate surface area is 656 Å². The third kappa shape index (κ3) is 16.4. The number of unbranched alkanes of at least 4 members (excludes halogenated alkanes) is 20. The van der Waals surface area contributed by atoms with Gasteiger partial charge in [0.25, 0.3) is 0 Å². The summed E-state index contributed by atoms with van der Waals surface area (Å²) in [5.74, 6) is 1.34. The second-order valence-electron chi connectivity index (χ2n) is 32.3. The van der Waals surface area contributed by atoms with Crippen LogP contribution in [0.3, 0.4) is 0 Å². The Hall–Kier alpha value is -10.0. The predicted octanol–water partition coefficient (Wildman–Crippen LogP) is 29.9. The summed E-state index contributed by atoms with van der Waals surface area (Å²) < 4.78 is 0. The zero-order chi connectivity index (χ0) is 75.2. The van der Waals surface area contributed by atoms with Gasteiger partial charge in [0, 0.05) is 55.6 Å². The summed E-state index contributed by atoms with van der Waals surface area (Å²) in [5.41, 5.74) is 30.0. The molecule has 4 aromatic heterocycles. The first-order chi connectivity index (χ1) is 54.1. The van der Waals surface area contributed by atoms with E-state index in [0.29, 0.717) is 11.6 Å². The highest BCUT2D eigenvalue weighted by Gasteiger charge is 2.45. The molecule has 0 N–H and O–H groups in total. The maximum absolute atomic E-state index is 5.75. The first-order valence-corrected chi connectivity index (χ1v) is 42.5. The molecule has 110 heavy (non-hydrogen) atoms. The van der Waals surface area contributed by atoms with E-state index in [1.54, 1.807) is 0 Å². The van der Waals surface area contributed by atoms with Crippen molar-refractivity contribution in [3.63, 3.8) is 0 Å². The number of nitrogens with zero attached hydrogens (tertiary/aromatic N) is 6. The van der Waals surface area contributed by atoms with Crippen LogP contribution in [0.2, 0.25) is 0 Å². The number of hydrogen-bond acceptors (Lipinski definition) is 6. The van der Waals surface area contributed by atoms with Crippen molar-refractivity contribution in [1.82, 2.24) is 29.9 Å². The number of aryl methyl sites for hydroxylation is 2. The maximum Gasteiger partial charge on any atom is 0.179 e. The van der Waals surface area contributed by atoms with E-state index >= 15 is 0 Å². The standard InChI is InChI=1S/C104H112N6/c1-7-11-15-19-23-30-61-103(62-31-24-20-16-12-8-2)90-66-74(6)43-56-86(90)88-58-53-84(69-92(88)103)97-72-98(110-102(109-97)94-60-55-79-51-50-78-40-35-65-105-99(78)100(79)106-94)85-54-59-89-87-57-52-82(68-91(87)104(93(89)70-85,63-32-25-21-17-13-9-3)64-33-26-22-18-14-10-4)81-38-34-39-83(67-81)96-71-95(107-101(108-96)80-36-28-27-29-37-80)77-48-46-76(47-49-77)75-44-41-73(5)42-45-75/h27-29,34-60,65-72H,7-26,30-33,61-64H2,1-6H3. The number of aromatic nitrogens is 6. The van der Waals surface area contributed by atoms with Gasteiger partial charge in [-0.2, -0.15) is 0 Å². The quantitative estimate of drug-likeness (QED) is 0.0288. The average Bonchev–Trinajstić information content (AvgIpc) is 1.57. The Bertz CT molecular complexity index is 5270. The van der Waals surface area contributed by atoms with Gasteiger partial charge in [-0.25, -0.2) is 24.9 Å². The van der Waals surface area contributed by atoms with Gasteiger partial charge in [-0.15, -0.1) is 0 Å². The van der Waals surface area contributed by atoms with Crippen molar-refractivity contribution in [2.24, 2.45) is 0 Å². The first kappa shape index (κ1) is 75.4. The molecule has 0 atom stereocenters. The Morgan fingerprint density at radius 1 is 0.236 bits per heavy atom. The molecule has 0 spiro atoms. The smallest absolute Gasteiger partial charge is 0.179 e. The SMILES string of the molecule is CCCCCCCCC1(CCCCCCCC)c2cc(C)ccc2-c2ccc(-c3cc(-c4ccc5c(c4)C(CCCCCCCC)(CCCCCCCC)c4cc(-c6cccc(-c7cc(-c8ccc(-c9ccc(C)cc9)cc8)nc(-c8ccccc8)n7)c6)ccc4-5)nc(-c4ccc5ccc6cccnc6c5n4)n3)cc21. The maximum atomic E-state index is 5.75. The zero-order valence-corrected chi connectivity index (χ0v) is 66.4. The molecule has 15 rings (SSSR count). The highest BCUT2D eigenvalue weighted by atomic mass is 14.9. The third-order valence-electron chi connectivity index (χ3n) is 24.5. The van der Waals surface area contributed by atoms with Gasteiger partial charge in [-0.05, 0) is 155 Å². The van der Waals surface area contributed by atoms with Gasteiger partial charge in [-0.1, -0.05) is 369 Å². The van der Waals surface area contributed by atoms with Crippen molar-refractivity contribution in [3.8, 4) is 112 Å². The van der Waals surface area contributed by atoms with Crippen LogP contribution in [0.25, 0.3) is 134 Å². The summed E-state index contributed by atoms with van der Waals surface area (Å²) in [4.78, 5) is 32.6. The van der Waals surface area contributed by atoms with Crippen LogP contribution in [0.1, 0.15) is 241 Å². The van der Waals surface area contributed by atoms with E-state index in [1.165, 1.54) is 219 Å². The highest BCUT2D eigenvalue weighted by molar-refractivity contribution is 6.03. The summed E-state index contributed by atoms with van der Waals surface area (Å²) >= 11 is 0. The van der Waals surface area contributed by atoms with Crippen molar-refractivity contribution in [2.75, 3.05) is 0 Å². The van der Waals surface area contributed by atoms with Crippen LogP contribution in [0, 0.1) is 13.8 Å². The molecule has 0 bridgehead atoms. The molecule has 558 valence electrons. The van der Waals surface area contributed by atoms with Crippen LogP contribution in [0.4, 0.5) is 0 Å². The van der Waals surface area contributed by atoms with Crippen LogP contribution in [-0.2, 0) is 10.8 Å². The summed E-state index contributed by atoms with van der Waals surface area (Å²) in [5, 5.41) is 2.11. The highest BCUT2D eigenvalue weighted by Crippen LogP contribution is 2.58. The fraction of sp³-hybridized carbons (Fsp3) is 0.346. The molecule has 2 aliphatic rings. The van der Waals surface area contributed by atoms with E-state index in [9.17, 15) is 0 Å². The van der Waals surface area contributed by atoms with Gasteiger partial charge in [0.05, 0.1) is 33.8 Å². The molecule has 0 aliphatic heterocycles. The van der Waals surface area contributed by atoms with Gasteiger partial charge >= 0.3 is 0 Å². The van der Waals surface area contributed by atoms with Crippen molar-refractivity contribution < 1.29 is 0 Å². The van der Waals surface area contributed by atoms with E-state index in [2.05, 4.69) is 260 Å². The first-order valence-electron chi connectivity index (χ1n) is 42.5. The van der Waals surface area contributed by atoms with Crippen LogP contribution in [0.15, 0.2) is 231 Å². The van der Waals surface area contributed by atoms with Crippen LogP contribution < -0.4 is 0 Å². The summed E-state index contributed by atoms with van der Waals surface area (Å²) in [6, 6.07) is 84.1. The number of hydrogen-bond donors (Lipinski definition) is 0. The molecule has 4 heterocycles. The number of benzene rings is 9. The second-order valence-corrected chi connectivity index (χ2v) is 32.3. The van der Waals surface area contributed by atoms with Crippen LogP contribution in [0.5, 0.6) is 0 Å².